The average molecular weight is 374 g/mol. The minimum Gasteiger partial charge on any atom is -0.444 e. The molecule has 0 radical (unpaired) electrons. The summed E-state index contributed by atoms with van der Waals surface area (Å²) < 4.78 is 7.47. The summed E-state index contributed by atoms with van der Waals surface area (Å²) in [5.41, 5.74) is 9.16. The summed E-state index contributed by atoms with van der Waals surface area (Å²) in [5, 5.41) is 14.4. The molecule has 1 aromatic heterocycles. The van der Waals surface area contributed by atoms with E-state index in [0.717, 1.165) is 16.8 Å². The van der Waals surface area contributed by atoms with Gasteiger partial charge in [-0.2, -0.15) is 10.4 Å². The van der Waals surface area contributed by atoms with Crippen LogP contribution in [0.3, 0.4) is 0 Å². The van der Waals surface area contributed by atoms with E-state index in [2.05, 4.69) is 11.2 Å². The number of Topliss-reactive ketones (excluding diaryl/α,β-unsaturated/α-hetero) is 1. The number of benzene rings is 1. The minimum absolute atomic E-state index is 0.000588. The van der Waals surface area contributed by atoms with E-state index in [1.54, 1.807) is 4.68 Å². The number of nitrogens with zero attached hydrogens (tertiary/aromatic N) is 3. The normalized spacial score (nSPS) is 21.2. The molecule has 28 heavy (non-hydrogen) atoms. The maximum absolute atomic E-state index is 13.1. The lowest BCUT2D eigenvalue weighted by molar-refractivity contribution is -0.119. The first-order valence-electron chi connectivity index (χ1n) is 9.23. The number of carbonyl (C=O) groups excluding carboxylic acids is 1. The molecule has 142 valence electrons. The summed E-state index contributed by atoms with van der Waals surface area (Å²) in [6.07, 6.45) is 2.87. The van der Waals surface area contributed by atoms with E-state index in [0.29, 0.717) is 24.2 Å². The number of ketones is 1. The number of ether oxygens (including phenoxy) is 1. The molecule has 2 N–H and O–H groups in total. The van der Waals surface area contributed by atoms with Crippen LogP contribution in [-0.2, 0) is 16.6 Å². The number of hydrogen-bond acceptors (Lipinski definition) is 5. The van der Waals surface area contributed by atoms with Gasteiger partial charge >= 0.3 is 0 Å². The van der Waals surface area contributed by atoms with Crippen LogP contribution in [0.4, 0.5) is 0 Å². The van der Waals surface area contributed by atoms with Gasteiger partial charge in [-0.1, -0.05) is 44.2 Å². The van der Waals surface area contributed by atoms with Crippen LogP contribution in [0, 0.1) is 16.7 Å². The van der Waals surface area contributed by atoms with Crippen LogP contribution in [0.15, 0.2) is 59.3 Å². The van der Waals surface area contributed by atoms with Crippen LogP contribution in [0.1, 0.15) is 38.2 Å². The van der Waals surface area contributed by atoms with Gasteiger partial charge in [-0.15, -0.1) is 0 Å². The lowest BCUT2D eigenvalue weighted by Gasteiger charge is -2.37. The van der Waals surface area contributed by atoms with Crippen LogP contribution < -0.4 is 5.73 Å². The summed E-state index contributed by atoms with van der Waals surface area (Å²) in [4.78, 5) is 13.1. The highest BCUT2D eigenvalue weighted by atomic mass is 16.5. The van der Waals surface area contributed by atoms with Crippen molar-refractivity contribution in [2.75, 3.05) is 0 Å². The topological polar surface area (TPSA) is 93.9 Å². The van der Waals surface area contributed by atoms with Crippen LogP contribution in [-0.4, -0.2) is 15.6 Å². The Hall–Kier alpha value is -3.33. The Kier molecular flexibility index (Phi) is 4.11. The van der Waals surface area contributed by atoms with Gasteiger partial charge in [0.15, 0.2) is 5.78 Å². The fraction of sp³-hybridized carbons (Fsp3) is 0.318. The lowest BCUT2D eigenvalue weighted by atomic mass is 9.70. The molecule has 6 nitrogen and oxygen atoms in total. The molecule has 4 rings (SSSR count). The number of allylic oxidation sites excluding steroid dienone is 3. The first-order chi connectivity index (χ1) is 13.3. The van der Waals surface area contributed by atoms with Crippen molar-refractivity contribution >= 4 is 5.78 Å². The zero-order valence-corrected chi connectivity index (χ0v) is 16.2. The fourth-order valence-electron chi connectivity index (χ4n) is 4.13. The number of carbonyl (C=O) groups is 1. The predicted molar refractivity (Wildman–Crippen MR) is 104 cm³/mol. The van der Waals surface area contributed by atoms with E-state index in [-0.39, 0.29) is 22.7 Å². The molecule has 1 aliphatic carbocycles. The van der Waals surface area contributed by atoms with Gasteiger partial charge in [-0.05, 0) is 5.41 Å². The summed E-state index contributed by atoms with van der Waals surface area (Å²) in [6.45, 7) is 4.07. The van der Waals surface area contributed by atoms with Gasteiger partial charge in [-0.3, -0.25) is 9.48 Å². The lowest BCUT2D eigenvalue weighted by Crippen LogP contribution is -2.33. The number of nitrogens with two attached hydrogens (primary N) is 1. The Morgan fingerprint density at radius 3 is 2.68 bits per heavy atom. The molecule has 2 aliphatic rings. The monoisotopic (exact) mass is 374 g/mol. The Morgan fingerprint density at radius 2 is 2.00 bits per heavy atom. The molecular formula is C22H22N4O2. The van der Waals surface area contributed by atoms with Crippen molar-refractivity contribution in [1.29, 1.82) is 5.26 Å². The van der Waals surface area contributed by atoms with Crippen LogP contribution >= 0.6 is 0 Å². The molecule has 1 atom stereocenters. The van der Waals surface area contributed by atoms with Crippen molar-refractivity contribution in [1.82, 2.24) is 9.78 Å². The summed E-state index contributed by atoms with van der Waals surface area (Å²) in [7, 11) is 1.83. The first-order valence-corrected chi connectivity index (χ1v) is 9.23. The molecule has 2 heterocycles. The average Bonchev–Trinajstić information content (AvgIpc) is 3.01. The number of aromatic nitrogens is 2. The highest BCUT2D eigenvalue weighted by molar-refractivity contribution is 6.00. The molecule has 6 heteroatoms. The molecule has 1 aromatic carbocycles. The zero-order valence-electron chi connectivity index (χ0n) is 16.2. The Balaban J connectivity index is 1.95. The highest BCUT2D eigenvalue weighted by Gasteiger charge is 2.44. The van der Waals surface area contributed by atoms with E-state index >= 15 is 0 Å². The maximum Gasteiger partial charge on any atom is 0.205 e. The van der Waals surface area contributed by atoms with Gasteiger partial charge in [0.25, 0.3) is 0 Å². The molecule has 0 unspecified atom stereocenters. The van der Waals surface area contributed by atoms with E-state index in [4.69, 9.17) is 10.5 Å². The molecule has 0 fully saturated rings. The maximum atomic E-state index is 13.1. The van der Waals surface area contributed by atoms with Crippen molar-refractivity contribution < 1.29 is 9.53 Å². The molecule has 0 saturated heterocycles. The van der Waals surface area contributed by atoms with Gasteiger partial charge in [0.05, 0.1) is 11.6 Å². The van der Waals surface area contributed by atoms with Crippen LogP contribution in [0.25, 0.3) is 11.3 Å². The van der Waals surface area contributed by atoms with Crippen molar-refractivity contribution in [3.63, 3.8) is 0 Å². The zero-order chi connectivity index (χ0) is 20.1. The van der Waals surface area contributed by atoms with Crippen molar-refractivity contribution in [3.05, 3.63) is 64.9 Å². The predicted octanol–water partition coefficient (Wildman–Crippen LogP) is 3.54. The molecule has 2 aromatic rings. The molecule has 0 saturated carbocycles. The summed E-state index contributed by atoms with van der Waals surface area (Å²) >= 11 is 0. The van der Waals surface area contributed by atoms with Gasteiger partial charge in [-0.25, -0.2) is 0 Å². The van der Waals surface area contributed by atoms with E-state index in [9.17, 15) is 10.1 Å². The highest BCUT2D eigenvalue weighted by Crippen LogP contribution is 2.49. The van der Waals surface area contributed by atoms with Crippen molar-refractivity contribution in [2.24, 2.45) is 18.2 Å². The smallest absolute Gasteiger partial charge is 0.205 e. The second-order valence-electron chi connectivity index (χ2n) is 8.18. The Labute approximate surface area is 163 Å². The van der Waals surface area contributed by atoms with E-state index < -0.39 is 5.92 Å². The van der Waals surface area contributed by atoms with Crippen LogP contribution in [0.5, 0.6) is 0 Å². The number of nitriles is 1. The minimum atomic E-state index is -0.568. The second-order valence-corrected chi connectivity index (χ2v) is 8.18. The Morgan fingerprint density at radius 1 is 1.29 bits per heavy atom. The van der Waals surface area contributed by atoms with Gasteiger partial charge in [0.2, 0.25) is 5.88 Å². The standard InChI is InChI=1S/C22H22N4O2/c1-22(2)9-16(27)19-17(10-22)28-21(24)14(11-23)18(19)15-12-26(3)25-20(15)13-7-5-4-6-8-13/h4-8,12,18H,9-10,24H2,1-3H3/t18-/m1/s1. The third-order valence-electron chi connectivity index (χ3n) is 5.29. The quantitative estimate of drug-likeness (QED) is 0.868. The number of rotatable bonds is 2. The van der Waals surface area contributed by atoms with Crippen LogP contribution in [0.2, 0.25) is 0 Å². The van der Waals surface area contributed by atoms with E-state index in [1.165, 1.54) is 0 Å². The molecule has 0 spiro atoms. The van der Waals surface area contributed by atoms with Crippen molar-refractivity contribution in [3.8, 4) is 17.3 Å². The molecule has 1 aliphatic heterocycles. The molecular weight excluding hydrogens is 352 g/mol. The first kappa shape index (κ1) is 18.1. The summed E-state index contributed by atoms with van der Waals surface area (Å²) in [5.74, 6) is 0.0749. The molecule has 0 amide bonds. The Bertz CT molecular complexity index is 1070. The van der Waals surface area contributed by atoms with Gasteiger partial charge in [0.1, 0.15) is 17.4 Å². The summed E-state index contributed by atoms with van der Waals surface area (Å²) in [6, 6.07) is 11.9. The SMILES string of the molecule is Cn1cc([C@H]2C(C#N)=C(N)OC3=C2C(=O)CC(C)(C)C3)c(-c2ccccc2)n1. The number of hydrogen-bond donors (Lipinski definition) is 1. The number of aryl methyl sites for hydroxylation is 1. The van der Waals surface area contributed by atoms with Gasteiger partial charge < -0.3 is 10.5 Å². The van der Waals surface area contributed by atoms with Gasteiger partial charge in [0, 0.05) is 42.8 Å². The van der Waals surface area contributed by atoms with E-state index in [1.807, 2.05) is 57.4 Å². The van der Waals surface area contributed by atoms with Crippen molar-refractivity contribution in [2.45, 2.75) is 32.6 Å². The fourth-order valence-corrected chi connectivity index (χ4v) is 4.13. The molecule has 0 bridgehead atoms. The second kappa shape index (κ2) is 6.38. The third kappa shape index (κ3) is 2.89. The largest absolute Gasteiger partial charge is 0.444 e. The third-order valence-corrected chi connectivity index (χ3v) is 5.29.